The Kier molecular flexibility index (Phi) is 6.13. The maximum absolute atomic E-state index is 6.01. The Morgan fingerprint density at radius 3 is 2.88 bits per heavy atom. The van der Waals surface area contributed by atoms with Gasteiger partial charge >= 0.3 is 0 Å². The number of hydrogen-bond acceptors (Lipinski definition) is 3. The predicted molar refractivity (Wildman–Crippen MR) is 103 cm³/mol. The standard InChI is InChI=1S/C20H25BrN2O/c1-2-3-5-17-14-18(11-12-22-17)23-13-4-6-19(23)15-24-20-9-7-16(21)8-10-20/h7-12,14,19H,2-6,13,15H2,1H3/t19-/m0/s1. The van der Waals surface area contributed by atoms with Gasteiger partial charge in [-0.3, -0.25) is 4.98 Å². The summed E-state index contributed by atoms with van der Waals surface area (Å²) in [7, 11) is 0. The molecule has 1 aromatic carbocycles. The quantitative estimate of drug-likeness (QED) is 0.648. The van der Waals surface area contributed by atoms with Crippen LogP contribution >= 0.6 is 15.9 Å². The van der Waals surface area contributed by atoms with Crippen molar-refractivity contribution in [2.75, 3.05) is 18.1 Å². The molecule has 1 aromatic heterocycles. The SMILES string of the molecule is CCCCc1cc(N2CCC[C@H]2COc2ccc(Br)cc2)ccn1. The molecule has 0 saturated carbocycles. The Hall–Kier alpha value is -1.55. The maximum Gasteiger partial charge on any atom is 0.119 e. The van der Waals surface area contributed by atoms with Crippen molar-refractivity contribution in [3.63, 3.8) is 0 Å². The van der Waals surface area contributed by atoms with Crippen LogP contribution in [0.5, 0.6) is 5.75 Å². The van der Waals surface area contributed by atoms with E-state index in [1.165, 1.54) is 37.1 Å². The van der Waals surface area contributed by atoms with E-state index in [-0.39, 0.29) is 0 Å². The van der Waals surface area contributed by atoms with Gasteiger partial charge < -0.3 is 9.64 Å². The smallest absolute Gasteiger partial charge is 0.119 e. The van der Waals surface area contributed by atoms with E-state index in [4.69, 9.17) is 4.74 Å². The monoisotopic (exact) mass is 388 g/mol. The number of benzene rings is 1. The second-order valence-electron chi connectivity index (χ2n) is 6.36. The highest BCUT2D eigenvalue weighted by Crippen LogP contribution is 2.27. The first-order valence-corrected chi connectivity index (χ1v) is 9.65. The Morgan fingerprint density at radius 1 is 1.25 bits per heavy atom. The molecule has 0 spiro atoms. The van der Waals surface area contributed by atoms with Crippen LogP contribution in [-0.2, 0) is 6.42 Å². The van der Waals surface area contributed by atoms with Crippen LogP contribution in [0.2, 0.25) is 0 Å². The molecule has 1 saturated heterocycles. The Bertz CT molecular complexity index is 644. The van der Waals surface area contributed by atoms with E-state index in [9.17, 15) is 0 Å². The molecule has 1 aliphatic rings. The van der Waals surface area contributed by atoms with E-state index in [0.717, 1.165) is 29.8 Å². The van der Waals surface area contributed by atoms with E-state index < -0.39 is 0 Å². The van der Waals surface area contributed by atoms with Gasteiger partial charge in [0.05, 0.1) is 6.04 Å². The van der Waals surface area contributed by atoms with Gasteiger partial charge in [0.25, 0.3) is 0 Å². The Balaban J connectivity index is 1.63. The second-order valence-corrected chi connectivity index (χ2v) is 7.28. The topological polar surface area (TPSA) is 25.4 Å². The van der Waals surface area contributed by atoms with Crippen molar-refractivity contribution in [3.8, 4) is 5.75 Å². The first-order chi connectivity index (χ1) is 11.8. The lowest BCUT2D eigenvalue weighted by molar-refractivity contribution is 0.288. The molecule has 3 nitrogen and oxygen atoms in total. The lowest BCUT2D eigenvalue weighted by atomic mass is 10.1. The maximum atomic E-state index is 6.01. The fourth-order valence-electron chi connectivity index (χ4n) is 3.21. The number of unbranched alkanes of at least 4 members (excludes halogenated alkanes) is 1. The van der Waals surface area contributed by atoms with Gasteiger partial charge in [-0.2, -0.15) is 0 Å². The zero-order chi connectivity index (χ0) is 16.8. The highest BCUT2D eigenvalue weighted by molar-refractivity contribution is 9.10. The molecule has 24 heavy (non-hydrogen) atoms. The minimum Gasteiger partial charge on any atom is -0.491 e. The number of nitrogens with zero attached hydrogens (tertiary/aromatic N) is 2. The summed E-state index contributed by atoms with van der Waals surface area (Å²) in [5.74, 6) is 0.934. The van der Waals surface area contributed by atoms with Crippen LogP contribution in [0.1, 0.15) is 38.3 Å². The first kappa shape index (κ1) is 17.3. The molecule has 4 heteroatoms. The number of rotatable bonds is 7. The molecule has 0 unspecified atom stereocenters. The number of halogens is 1. The Labute approximate surface area is 153 Å². The van der Waals surface area contributed by atoms with Gasteiger partial charge in [-0.1, -0.05) is 29.3 Å². The van der Waals surface area contributed by atoms with Gasteiger partial charge in [0.15, 0.2) is 0 Å². The fourth-order valence-corrected chi connectivity index (χ4v) is 3.48. The minimum absolute atomic E-state index is 0.440. The summed E-state index contributed by atoms with van der Waals surface area (Å²) >= 11 is 3.46. The summed E-state index contributed by atoms with van der Waals surface area (Å²) in [6.07, 6.45) is 7.83. The highest BCUT2D eigenvalue weighted by atomic mass is 79.9. The molecule has 2 aromatic rings. The van der Waals surface area contributed by atoms with Crippen LogP contribution in [0.3, 0.4) is 0 Å². The minimum atomic E-state index is 0.440. The van der Waals surface area contributed by atoms with E-state index in [0.29, 0.717) is 6.04 Å². The summed E-state index contributed by atoms with van der Waals surface area (Å²) in [5.41, 5.74) is 2.49. The van der Waals surface area contributed by atoms with Crippen molar-refractivity contribution < 1.29 is 4.74 Å². The van der Waals surface area contributed by atoms with Gasteiger partial charge in [0, 0.05) is 28.6 Å². The van der Waals surface area contributed by atoms with E-state index >= 15 is 0 Å². The normalized spacial score (nSPS) is 17.2. The number of hydrogen-bond donors (Lipinski definition) is 0. The molecule has 0 amide bonds. The fraction of sp³-hybridized carbons (Fsp3) is 0.450. The molecule has 2 heterocycles. The first-order valence-electron chi connectivity index (χ1n) is 8.86. The average molecular weight is 389 g/mol. The van der Waals surface area contributed by atoms with Crippen LogP contribution in [-0.4, -0.2) is 24.2 Å². The zero-order valence-electron chi connectivity index (χ0n) is 14.2. The number of pyridine rings is 1. The molecule has 0 bridgehead atoms. The molecule has 1 aliphatic heterocycles. The second kappa shape index (κ2) is 8.52. The van der Waals surface area contributed by atoms with Crippen molar-refractivity contribution in [2.24, 2.45) is 0 Å². The number of aryl methyl sites for hydroxylation is 1. The lowest BCUT2D eigenvalue weighted by Crippen LogP contribution is -2.34. The van der Waals surface area contributed by atoms with Crippen molar-refractivity contribution in [3.05, 3.63) is 52.8 Å². The van der Waals surface area contributed by atoms with E-state index in [2.05, 4.69) is 44.9 Å². The predicted octanol–water partition coefficient (Wildman–Crippen LogP) is 5.23. The molecule has 0 N–H and O–H groups in total. The highest BCUT2D eigenvalue weighted by Gasteiger charge is 2.25. The van der Waals surface area contributed by atoms with Crippen LogP contribution in [0, 0.1) is 0 Å². The summed E-state index contributed by atoms with van der Waals surface area (Å²) in [5, 5.41) is 0. The molecule has 1 fully saturated rings. The Morgan fingerprint density at radius 2 is 2.08 bits per heavy atom. The van der Waals surface area contributed by atoms with Crippen LogP contribution < -0.4 is 9.64 Å². The average Bonchev–Trinajstić information content (AvgIpc) is 3.08. The molecule has 128 valence electrons. The van der Waals surface area contributed by atoms with Gasteiger partial charge in [0.1, 0.15) is 12.4 Å². The summed E-state index contributed by atoms with van der Waals surface area (Å²) in [4.78, 5) is 6.99. The third-order valence-corrected chi connectivity index (χ3v) is 5.08. The van der Waals surface area contributed by atoms with Crippen molar-refractivity contribution in [1.29, 1.82) is 0 Å². The van der Waals surface area contributed by atoms with Crippen LogP contribution in [0.25, 0.3) is 0 Å². The molecule has 3 rings (SSSR count). The van der Waals surface area contributed by atoms with Gasteiger partial charge in [0.2, 0.25) is 0 Å². The zero-order valence-corrected chi connectivity index (χ0v) is 15.8. The summed E-state index contributed by atoms with van der Waals surface area (Å²) in [6, 6.07) is 12.9. The van der Waals surface area contributed by atoms with Gasteiger partial charge in [-0.15, -0.1) is 0 Å². The number of ether oxygens (including phenoxy) is 1. The third kappa shape index (κ3) is 4.50. The largest absolute Gasteiger partial charge is 0.491 e. The number of anilines is 1. The summed E-state index contributed by atoms with van der Waals surface area (Å²) < 4.78 is 7.09. The van der Waals surface area contributed by atoms with Gasteiger partial charge in [-0.25, -0.2) is 0 Å². The van der Waals surface area contributed by atoms with Gasteiger partial charge in [-0.05, 0) is 62.1 Å². The van der Waals surface area contributed by atoms with Crippen LogP contribution in [0.4, 0.5) is 5.69 Å². The molecular formula is C20H25BrN2O. The van der Waals surface area contributed by atoms with E-state index in [1.54, 1.807) is 0 Å². The van der Waals surface area contributed by atoms with Crippen molar-refractivity contribution in [2.45, 2.75) is 45.1 Å². The van der Waals surface area contributed by atoms with Crippen molar-refractivity contribution >= 4 is 21.6 Å². The summed E-state index contributed by atoms with van der Waals surface area (Å²) in [6.45, 7) is 4.06. The van der Waals surface area contributed by atoms with Crippen molar-refractivity contribution in [1.82, 2.24) is 4.98 Å². The molecule has 1 atom stereocenters. The number of aromatic nitrogens is 1. The molecule has 0 radical (unpaired) electrons. The van der Waals surface area contributed by atoms with Crippen LogP contribution in [0.15, 0.2) is 47.1 Å². The third-order valence-electron chi connectivity index (χ3n) is 4.55. The lowest BCUT2D eigenvalue weighted by Gasteiger charge is -2.27. The molecule has 0 aliphatic carbocycles. The molecular weight excluding hydrogens is 364 g/mol. The van der Waals surface area contributed by atoms with E-state index in [1.807, 2.05) is 30.5 Å².